The quantitative estimate of drug-likeness (QED) is 0.591. The van der Waals surface area contributed by atoms with Crippen molar-refractivity contribution in [2.75, 3.05) is 18.4 Å². The van der Waals surface area contributed by atoms with Crippen molar-refractivity contribution in [3.05, 3.63) is 39.7 Å². The van der Waals surface area contributed by atoms with E-state index in [9.17, 15) is 4.79 Å². The highest BCUT2D eigenvalue weighted by Crippen LogP contribution is 2.27. The molecular formula is C15H18Cl2N4O. The topological polar surface area (TPSA) is 80.7 Å². The van der Waals surface area contributed by atoms with Crippen molar-refractivity contribution < 1.29 is 0 Å². The fourth-order valence-corrected chi connectivity index (χ4v) is 2.68. The van der Waals surface area contributed by atoms with Gasteiger partial charge in [0.1, 0.15) is 0 Å². The maximum atomic E-state index is 12.1. The molecule has 3 N–H and O–H groups in total. The average molecular weight is 341 g/mol. The number of aromatic nitrogens is 1. The van der Waals surface area contributed by atoms with Crippen molar-refractivity contribution in [2.45, 2.75) is 19.4 Å². The minimum atomic E-state index is 0. The van der Waals surface area contributed by atoms with E-state index in [4.69, 9.17) is 5.26 Å². The first kappa shape index (κ1) is 18.3. The number of anilines is 1. The van der Waals surface area contributed by atoms with Crippen LogP contribution in [0.3, 0.4) is 0 Å². The zero-order valence-corrected chi connectivity index (χ0v) is 13.6. The molecule has 22 heavy (non-hydrogen) atoms. The van der Waals surface area contributed by atoms with Gasteiger partial charge in [-0.15, -0.1) is 24.8 Å². The van der Waals surface area contributed by atoms with E-state index in [0.29, 0.717) is 13.1 Å². The molecule has 1 aliphatic rings. The molecule has 2 heterocycles. The summed E-state index contributed by atoms with van der Waals surface area (Å²) >= 11 is 0. The Bertz CT molecular complexity index is 752. The lowest BCUT2D eigenvalue weighted by Gasteiger charge is -2.19. The summed E-state index contributed by atoms with van der Waals surface area (Å²) in [6, 6.07) is 8.08. The van der Waals surface area contributed by atoms with Gasteiger partial charge in [0.15, 0.2) is 0 Å². The van der Waals surface area contributed by atoms with Crippen molar-refractivity contribution >= 4 is 41.4 Å². The van der Waals surface area contributed by atoms with Crippen LogP contribution in [0.2, 0.25) is 0 Å². The summed E-state index contributed by atoms with van der Waals surface area (Å²) < 4.78 is 0. The van der Waals surface area contributed by atoms with Crippen molar-refractivity contribution in [1.82, 2.24) is 10.3 Å². The zero-order valence-electron chi connectivity index (χ0n) is 11.9. The molecule has 118 valence electrons. The number of pyridine rings is 1. The molecule has 5 nitrogen and oxygen atoms in total. The van der Waals surface area contributed by atoms with Gasteiger partial charge in [-0.1, -0.05) is 12.1 Å². The molecular weight excluding hydrogens is 323 g/mol. The molecule has 1 aromatic carbocycles. The fraction of sp³-hybridized carbons (Fsp3) is 0.333. The molecule has 0 atom stereocenters. The predicted octanol–water partition coefficient (Wildman–Crippen LogP) is 2.34. The lowest BCUT2D eigenvalue weighted by Crippen LogP contribution is -2.22. The average Bonchev–Trinajstić information content (AvgIpc) is 2.48. The summed E-state index contributed by atoms with van der Waals surface area (Å²) in [5, 5.41) is 15.9. The third-order valence-electron chi connectivity index (χ3n) is 3.62. The smallest absolute Gasteiger partial charge is 0.253 e. The molecule has 0 fully saturated rings. The van der Waals surface area contributed by atoms with Gasteiger partial charge in [0.05, 0.1) is 23.8 Å². The van der Waals surface area contributed by atoms with E-state index >= 15 is 0 Å². The van der Waals surface area contributed by atoms with E-state index < -0.39 is 0 Å². The summed E-state index contributed by atoms with van der Waals surface area (Å²) in [5.74, 6) is 0. The van der Waals surface area contributed by atoms with Crippen molar-refractivity contribution in [3.8, 4) is 6.07 Å². The SMILES string of the molecule is Cl.Cl.N#CCNCc1ccc2c3c(c(=O)[nH]c2c1)CCCN3. The molecule has 0 unspecified atom stereocenters. The molecule has 0 aliphatic carbocycles. The highest BCUT2D eigenvalue weighted by Gasteiger charge is 2.15. The summed E-state index contributed by atoms with van der Waals surface area (Å²) in [5.41, 5.74) is 3.74. The third kappa shape index (κ3) is 3.53. The van der Waals surface area contributed by atoms with E-state index in [1.807, 2.05) is 24.3 Å². The largest absolute Gasteiger partial charge is 0.384 e. The molecule has 0 saturated carbocycles. The highest BCUT2D eigenvalue weighted by atomic mass is 35.5. The van der Waals surface area contributed by atoms with Gasteiger partial charge in [-0.25, -0.2) is 0 Å². The standard InChI is InChI=1S/C15H16N4O.2ClH/c16-5-7-17-9-10-3-4-11-13(8-10)19-15(20)12-2-1-6-18-14(11)12;;/h3-4,8,17-18H,1-2,6-7,9H2,(H,19,20);2*1H. The van der Waals surface area contributed by atoms with Crippen LogP contribution in [0.4, 0.5) is 5.69 Å². The van der Waals surface area contributed by atoms with Gasteiger partial charge >= 0.3 is 0 Å². The second-order valence-corrected chi connectivity index (χ2v) is 4.98. The Hall–Kier alpha value is -1.74. The van der Waals surface area contributed by atoms with Crippen LogP contribution in [0.1, 0.15) is 17.5 Å². The molecule has 0 saturated heterocycles. The summed E-state index contributed by atoms with van der Waals surface area (Å²) in [6.07, 6.45) is 1.83. The first-order valence-electron chi connectivity index (χ1n) is 6.79. The summed E-state index contributed by atoms with van der Waals surface area (Å²) in [7, 11) is 0. The Kier molecular flexibility index (Phi) is 6.69. The van der Waals surface area contributed by atoms with Crippen molar-refractivity contribution in [1.29, 1.82) is 5.26 Å². The Labute approximate surface area is 140 Å². The lowest BCUT2D eigenvalue weighted by molar-refractivity contribution is 0.766. The van der Waals surface area contributed by atoms with Crippen LogP contribution in [-0.4, -0.2) is 18.1 Å². The van der Waals surface area contributed by atoms with E-state index in [1.165, 1.54) is 0 Å². The normalized spacial score (nSPS) is 12.3. The monoisotopic (exact) mass is 340 g/mol. The van der Waals surface area contributed by atoms with E-state index in [2.05, 4.69) is 15.6 Å². The number of rotatable bonds is 3. The molecule has 3 rings (SSSR count). The second kappa shape index (κ2) is 8.04. The van der Waals surface area contributed by atoms with Crippen molar-refractivity contribution in [2.24, 2.45) is 0 Å². The van der Waals surface area contributed by atoms with E-state index in [1.54, 1.807) is 0 Å². The Morgan fingerprint density at radius 3 is 2.91 bits per heavy atom. The summed E-state index contributed by atoms with van der Waals surface area (Å²) in [6.45, 7) is 1.85. The van der Waals surface area contributed by atoms with Crippen LogP contribution in [0.5, 0.6) is 0 Å². The maximum absolute atomic E-state index is 12.1. The Morgan fingerprint density at radius 1 is 1.32 bits per heavy atom. The van der Waals surface area contributed by atoms with Crippen LogP contribution < -0.4 is 16.2 Å². The number of benzene rings is 1. The molecule has 2 aromatic rings. The molecule has 1 aliphatic heterocycles. The minimum Gasteiger partial charge on any atom is -0.384 e. The first-order chi connectivity index (χ1) is 9.79. The molecule has 0 bridgehead atoms. The maximum Gasteiger partial charge on any atom is 0.253 e. The lowest BCUT2D eigenvalue weighted by atomic mass is 10.0. The number of fused-ring (bicyclic) bond motifs is 3. The van der Waals surface area contributed by atoms with Gasteiger partial charge in [0.25, 0.3) is 5.56 Å². The van der Waals surface area contributed by atoms with Crippen LogP contribution in [-0.2, 0) is 13.0 Å². The third-order valence-corrected chi connectivity index (χ3v) is 3.62. The number of halogens is 2. The first-order valence-corrected chi connectivity index (χ1v) is 6.79. The van der Waals surface area contributed by atoms with Gasteiger partial charge in [0.2, 0.25) is 0 Å². The number of nitrogens with one attached hydrogen (secondary N) is 3. The number of aromatic amines is 1. The van der Waals surface area contributed by atoms with Gasteiger partial charge in [-0.2, -0.15) is 5.26 Å². The summed E-state index contributed by atoms with van der Waals surface area (Å²) in [4.78, 5) is 15.1. The number of nitriles is 1. The molecule has 0 radical (unpaired) electrons. The van der Waals surface area contributed by atoms with Crippen LogP contribution in [0.15, 0.2) is 23.0 Å². The molecule has 1 aromatic heterocycles. The number of hydrogen-bond acceptors (Lipinski definition) is 4. The number of H-pyrrole nitrogens is 1. The van der Waals surface area contributed by atoms with Gasteiger partial charge < -0.3 is 15.6 Å². The van der Waals surface area contributed by atoms with Crippen LogP contribution >= 0.6 is 24.8 Å². The zero-order chi connectivity index (χ0) is 13.9. The fourth-order valence-electron chi connectivity index (χ4n) is 2.68. The Balaban J connectivity index is 0.00000121. The Morgan fingerprint density at radius 2 is 2.14 bits per heavy atom. The van der Waals surface area contributed by atoms with Gasteiger partial charge in [-0.05, 0) is 24.5 Å². The van der Waals surface area contributed by atoms with Crippen LogP contribution in [0.25, 0.3) is 10.9 Å². The van der Waals surface area contributed by atoms with E-state index in [0.717, 1.165) is 47.1 Å². The van der Waals surface area contributed by atoms with Crippen molar-refractivity contribution in [3.63, 3.8) is 0 Å². The molecule has 7 heteroatoms. The predicted molar refractivity (Wildman–Crippen MR) is 93.2 cm³/mol. The number of nitrogens with zero attached hydrogens (tertiary/aromatic N) is 1. The van der Waals surface area contributed by atoms with Gasteiger partial charge in [-0.3, -0.25) is 4.79 Å². The number of hydrogen-bond donors (Lipinski definition) is 3. The van der Waals surface area contributed by atoms with Gasteiger partial charge in [0, 0.05) is 24.0 Å². The van der Waals surface area contributed by atoms with Crippen LogP contribution in [0, 0.1) is 11.3 Å². The van der Waals surface area contributed by atoms with E-state index in [-0.39, 0.29) is 30.4 Å². The molecule has 0 spiro atoms. The second-order valence-electron chi connectivity index (χ2n) is 4.98. The minimum absolute atomic E-state index is 0. The molecule has 0 amide bonds. The highest BCUT2D eigenvalue weighted by molar-refractivity contribution is 5.93.